The molecule has 1 aliphatic heterocycles. The molecule has 1 aromatic heterocycles. The molecule has 1 saturated heterocycles. The van der Waals surface area contributed by atoms with Crippen molar-refractivity contribution in [2.24, 2.45) is 11.8 Å². The number of carbonyl (C=O) groups excluding carboxylic acids is 3. The number of ether oxygens (including phenoxy) is 4. The van der Waals surface area contributed by atoms with E-state index in [1.165, 1.54) is 34.6 Å². The summed E-state index contributed by atoms with van der Waals surface area (Å²) in [5, 5.41) is 0.376. The predicted molar refractivity (Wildman–Crippen MR) is 160 cm³/mol. The van der Waals surface area contributed by atoms with Gasteiger partial charge in [0.2, 0.25) is 29.2 Å². The van der Waals surface area contributed by atoms with Gasteiger partial charge in [-0.05, 0) is 43.9 Å². The SMILES string of the molecule is COc1cc(C)c(C(=O)c2c(OC)ncc(Cl)c2C)c(OC)c1OC.O=C1C2CC=CCC2C(=O)N1SC(Cl)(Cl)Cl. The lowest BCUT2D eigenvalue weighted by atomic mass is 9.85. The predicted octanol–water partition coefficient (Wildman–Crippen LogP) is 6.53. The molecule has 1 fully saturated rings. The van der Waals surface area contributed by atoms with E-state index in [9.17, 15) is 14.4 Å². The van der Waals surface area contributed by atoms with Crippen molar-refractivity contribution in [1.82, 2.24) is 9.29 Å². The number of fused-ring (bicyclic) bond motifs is 1. The number of hydrogen-bond donors (Lipinski definition) is 0. The highest BCUT2D eigenvalue weighted by molar-refractivity contribution is 8.03. The van der Waals surface area contributed by atoms with Crippen molar-refractivity contribution >= 4 is 75.9 Å². The van der Waals surface area contributed by atoms with Gasteiger partial charge in [0.15, 0.2) is 11.5 Å². The van der Waals surface area contributed by atoms with Crippen LogP contribution in [-0.2, 0) is 9.59 Å². The Morgan fingerprint density at radius 1 is 0.927 bits per heavy atom. The van der Waals surface area contributed by atoms with Crippen LogP contribution in [-0.4, -0.2) is 58.5 Å². The van der Waals surface area contributed by atoms with Crippen molar-refractivity contribution in [2.45, 2.75) is 29.8 Å². The highest BCUT2D eigenvalue weighted by atomic mass is 35.6. The quantitative estimate of drug-likeness (QED) is 0.107. The van der Waals surface area contributed by atoms with Crippen LogP contribution in [0.1, 0.15) is 39.9 Å². The largest absolute Gasteiger partial charge is 0.493 e. The zero-order valence-electron chi connectivity index (χ0n) is 23.1. The van der Waals surface area contributed by atoms with E-state index in [4.69, 9.17) is 65.4 Å². The smallest absolute Gasteiger partial charge is 0.256 e. The number of rotatable bonds is 7. The van der Waals surface area contributed by atoms with Crippen molar-refractivity contribution in [2.75, 3.05) is 28.4 Å². The van der Waals surface area contributed by atoms with E-state index in [2.05, 4.69) is 4.98 Å². The standard InChI is InChI=1S/C18H20ClNO5.C9H8Cl3NO2S/c1-9-7-12(22-3)16(23-4)17(24-5)13(9)15(21)14-10(2)11(19)8-20-18(14)25-6;10-9(11,12)16-13-7(14)5-3-1-2-4-6(5)8(13)15/h7-8H,1-6H3;1-2,5-6H,3-4H2. The van der Waals surface area contributed by atoms with Crippen LogP contribution >= 0.6 is 58.4 Å². The van der Waals surface area contributed by atoms with E-state index >= 15 is 0 Å². The maximum absolute atomic E-state index is 13.3. The van der Waals surface area contributed by atoms with Gasteiger partial charge in [0.05, 0.1) is 56.4 Å². The van der Waals surface area contributed by atoms with Gasteiger partial charge in [-0.15, -0.1) is 0 Å². The van der Waals surface area contributed by atoms with Gasteiger partial charge in [0, 0.05) is 18.1 Å². The number of nitrogens with zero attached hydrogens (tertiary/aromatic N) is 2. The summed E-state index contributed by atoms with van der Waals surface area (Å²) in [6, 6.07) is 1.72. The number of methoxy groups -OCH3 is 4. The van der Waals surface area contributed by atoms with Gasteiger partial charge < -0.3 is 18.9 Å². The molecule has 14 heteroatoms. The molecule has 2 amide bonds. The second-order valence-electron chi connectivity index (χ2n) is 8.95. The van der Waals surface area contributed by atoms with Crippen molar-refractivity contribution in [1.29, 1.82) is 0 Å². The van der Waals surface area contributed by atoms with Crippen LogP contribution in [0.15, 0.2) is 24.4 Å². The zero-order chi connectivity index (χ0) is 30.6. The summed E-state index contributed by atoms with van der Waals surface area (Å²) in [4.78, 5) is 41.2. The highest BCUT2D eigenvalue weighted by Crippen LogP contribution is 2.47. The molecule has 4 rings (SSSR count). The third kappa shape index (κ3) is 7.00. The summed E-state index contributed by atoms with van der Waals surface area (Å²) in [5.74, 6) is -0.0958. The van der Waals surface area contributed by atoms with Crippen molar-refractivity contribution in [3.8, 4) is 23.1 Å². The third-order valence-electron chi connectivity index (χ3n) is 6.58. The molecule has 2 heterocycles. The van der Waals surface area contributed by atoms with Gasteiger partial charge in [-0.3, -0.25) is 14.4 Å². The normalized spacial score (nSPS) is 18.0. The third-order valence-corrected chi connectivity index (χ3v) is 8.33. The van der Waals surface area contributed by atoms with Crippen molar-refractivity contribution < 1.29 is 33.3 Å². The van der Waals surface area contributed by atoms with Crippen LogP contribution < -0.4 is 18.9 Å². The number of aryl methyl sites for hydroxylation is 1. The van der Waals surface area contributed by atoms with Gasteiger partial charge in [-0.25, -0.2) is 9.29 Å². The number of ketones is 1. The minimum Gasteiger partial charge on any atom is -0.493 e. The van der Waals surface area contributed by atoms with Crippen molar-refractivity contribution in [3.63, 3.8) is 0 Å². The number of pyridine rings is 1. The Morgan fingerprint density at radius 2 is 1.49 bits per heavy atom. The number of amides is 2. The minimum absolute atomic E-state index is 0.197. The Kier molecular flexibility index (Phi) is 11.1. The summed E-state index contributed by atoms with van der Waals surface area (Å²) in [5.41, 5.74) is 1.87. The molecule has 1 aliphatic carbocycles. The van der Waals surface area contributed by atoms with E-state index in [1.807, 2.05) is 12.2 Å². The number of allylic oxidation sites excluding steroid dienone is 2. The Labute approximate surface area is 262 Å². The highest BCUT2D eigenvalue weighted by Gasteiger charge is 2.50. The molecule has 222 valence electrons. The molecule has 0 radical (unpaired) electrons. The Balaban J connectivity index is 0.000000248. The van der Waals surface area contributed by atoms with Gasteiger partial charge in [0.25, 0.3) is 3.12 Å². The molecule has 41 heavy (non-hydrogen) atoms. The fourth-order valence-electron chi connectivity index (χ4n) is 4.63. The molecule has 2 unspecified atom stereocenters. The van der Waals surface area contributed by atoms with Crippen LogP contribution in [0.3, 0.4) is 0 Å². The zero-order valence-corrected chi connectivity index (χ0v) is 26.9. The van der Waals surface area contributed by atoms with Crippen LogP contribution in [0.5, 0.6) is 23.1 Å². The second kappa shape index (κ2) is 13.7. The van der Waals surface area contributed by atoms with Gasteiger partial charge in [0.1, 0.15) is 0 Å². The first-order valence-electron chi connectivity index (χ1n) is 12.1. The van der Waals surface area contributed by atoms with Crippen LogP contribution in [0, 0.1) is 25.7 Å². The molecule has 2 atom stereocenters. The number of imide groups is 1. The monoisotopic (exact) mass is 664 g/mol. The molecular weight excluding hydrogens is 638 g/mol. The topological polar surface area (TPSA) is 104 Å². The summed E-state index contributed by atoms with van der Waals surface area (Å²) in [6.07, 6.45) is 6.45. The second-order valence-corrected chi connectivity index (χ2v) is 13.5. The molecule has 1 aromatic carbocycles. The van der Waals surface area contributed by atoms with Crippen LogP contribution in [0.2, 0.25) is 5.02 Å². The molecule has 9 nitrogen and oxygen atoms in total. The fraction of sp³-hybridized carbons (Fsp3) is 0.407. The summed E-state index contributed by atoms with van der Waals surface area (Å²) < 4.78 is 20.7. The lowest BCUT2D eigenvalue weighted by Gasteiger charge is -2.19. The van der Waals surface area contributed by atoms with E-state index in [0.29, 0.717) is 58.0 Å². The maximum atomic E-state index is 13.3. The van der Waals surface area contributed by atoms with Crippen molar-refractivity contribution in [3.05, 3.63) is 51.7 Å². The molecule has 0 spiro atoms. The number of carbonyl (C=O) groups is 3. The molecule has 0 bridgehead atoms. The van der Waals surface area contributed by atoms with Crippen LogP contribution in [0.4, 0.5) is 0 Å². The first-order chi connectivity index (χ1) is 19.3. The lowest BCUT2D eigenvalue weighted by Crippen LogP contribution is -2.26. The van der Waals surface area contributed by atoms with Gasteiger partial charge in [-0.2, -0.15) is 0 Å². The number of halogens is 4. The average Bonchev–Trinajstić information content (AvgIpc) is 3.17. The maximum Gasteiger partial charge on any atom is 0.256 e. The van der Waals surface area contributed by atoms with E-state index in [-0.39, 0.29) is 46.6 Å². The first-order valence-corrected chi connectivity index (χ1v) is 14.4. The molecule has 2 aliphatic rings. The Hall–Kier alpha value is -2.37. The molecule has 2 aromatic rings. The summed E-state index contributed by atoms with van der Waals surface area (Å²) in [7, 11) is 5.92. The Morgan fingerprint density at radius 3 is 1.95 bits per heavy atom. The average molecular weight is 666 g/mol. The number of benzene rings is 1. The number of alkyl halides is 3. The van der Waals surface area contributed by atoms with E-state index in [0.717, 1.165) is 4.31 Å². The minimum atomic E-state index is -1.69. The molecule has 0 saturated carbocycles. The summed E-state index contributed by atoms with van der Waals surface area (Å²) >= 11 is 23.5. The Bertz CT molecular complexity index is 1350. The van der Waals surface area contributed by atoms with Gasteiger partial charge >= 0.3 is 0 Å². The lowest BCUT2D eigenvalue weighted by molar-refractivity contribution is -0.133. The molecular formula is C27H28Cl4N2O7S. The molecule has 0 N–H and O–H groups in total. The number of aromatic nitrogens is 1. The van der Waals surface area contributed by atoms with E-state index in [1.54, 1.807) is 19.9 Å². The fourth-order valence-corrected chi connectivity index (χ4v) is 6.05. The summed E-state index contributed by atoms with van der Waals surface area (Å²) in [6.45, 7) is 3.53. The first kappa shape index (κ1) is 33.1. The van der Waals surface area contributed by atoms with E-state index < -0.39 is 3.12 Å². The number of hydrogen-bond acceptors (Lipinski definition) is 9. The van der Waals surface area contributed by atoms with Gasteiger partial charge in [-0.1, -0.05) is 58.6 Å². The van der Waals surface area contributed by atoms with Crippen LogP contribution in [0.25, 0.3) is 0 Å².